The number of fused-ring (bicyclic) bond motifs is 1. The van der Waals surface area contributed by atoms with Crippen LogP contribution in [-0.4, -0.2) is 77.5 Å². The van der Waals surface area contributed by atoms with Crippen LogP contribution in [0.1, 0.15) is 58.1 Å². The summed E-state index contributed by atoms with van der Waals surface area (Å²) in [5, 5.41) is 6.38. The summed E-state index contributed by atoms with van der Waals surface area (Å²) in [4.78, 5) is 46.0. The summed E-state index contributed by atoms with van der Waals surface area (Å²) in [5.74, 6) is -1.10. The molecule has 2 N–H and O–H groups in total. The Morgan fingerprint density at radius 1 is 1.07 bits per heavy atom. The number of aryl methyl sites for hydroxylation is 2. The van der Waals surface area contributed by atoms with Gasteiger partial charge in [0.25, 0.3) is 0 Å². The zero-order chi connectivity index (χ0) is 28.8. The van der Waals surface area contributed by atoms with Crippen LogP contribution in [0.4, 0.5) is 5.69 Å². The highest BCUT2D eigenvalue weighted by atomic mass is 16.5. The van der Waals surface area contributed by atoms with Crippen molar-refractivity contribution in [2.24, 2.45) is 23.7 Å². The molecule has 3 aliphatic heterocycles. The van der Waals surface area contributed by atoms with E-state index in [1.807, 2.05) is 38.1 Å². The molecule has 0 aromatic heterocycles. The Hall–Kier alpha value is -2.71. The maximum absolute atomic E-state index is 14.2. The van der Waals surface area contributed by atoms with Crippen LogP contribution in [0.5, 0.6) is 0 Å². The Bertz CT molecular complexity index is 1160. The minimum atomic E-state index is -1.14. The van der Waals surface area contributed by atoms with E-state index in [2.05, 4.69) is 49.3 Å². The lowest BCUT2D eigenvalue weighted by molar-refractivity contribution is -0.141. The van der Waals surface area contributed by atoms with Gasteiger partial charge < -0.3 is 25.2 Å². The normalized spacial score (nSPS) is 34.4. The molecule has 218 valence electrons. The van der Waals surface area contributed by atoms with Crippen molar-refractivity contribution in [3.8, 4) is 0 Å². The first-order valence-electron chi connectivity index (χ1n) is 15.2. The molecule has 1 saturated carbocycles. The summed E-state index contributed by atoms with van der Waals surface area (Å²) in [6.45, 7) is 15.4. The molecule has 2 bridgehead atoms. The van der Waals surface area contributed by atoms with Gasteiger partial charge in [-0.05, 0) is 68.5 Å². The topological polar surface area (TPSA) is 91.0 Å². The number of benzene rings is 1. The van der Waals surface area contributed by atoms with Crippen LogP contribution in [0, 0.1) is 37.5 Å². The maximum atomic E-state index is 14.2. The van der Waals surface area contributed by atoms with Gasteiger partial charge in [0.1, 0.15) is 11.6 Å². The molecule has 3 fully saturated rings. The molecule has 5 rings (SSSR count). The van der Waals surface area contributed by atoms with Gasteiger partial charge in [-0.2, -0.15) is 0 Å². The highest BCUT2D eigenvalue weighted by Gasteiger charge is 2.72. The van der Waals surface area contributed by atoms with E-state index in [1.165, 1.54) is 6.42 Å². The number of carbonyl (C=O) groups is 3. The molecule has 1 aromatic rings. The molecule has 8 nitrogen and oxygen atoms in total. The van der Waals surface area contributed by atoms with Crippen LogP contribution >= 0.6 is 0 Å². The maximum Gasteiger partial charge on any atom is 0.246 e. The standard InChI is InChI=1S/C32H46N4O4/c1-7-35(8-2)14-15-36-28(30(38)34-24-11-9-10-21(5)22(24)6)32-13-12-25(40-32)26(27(32)31(36)39)29(37)33-23-17-19(3)16-20(4)18-23/h12-13,16-18,21-22,24-28H,7-11,14-15H2,1-6H3,(H,33,37)(H,34,38)/t21-,22-,24-,25+,26-,27+,28+,32+/m1/s1. The monoisotopic (exact) mass is 550 g/mol. The third-order valence-electron chi connectivity index (χ3n) is 10.0. The van der Waals surface area contributed by atoms with E-state index in [1.54, 1.807) is 4.90 Å². The van der Waals surface area contributed by atoms with Crippen LogP contribution in [-0.2, 0) is 19.1 Å². The van der Waals surface area contributed by atoms with E-state index >= 15 is 0 Å². The molecule has 3 heterocycles. The van der Waals surface area contributed by atoms with Crippen molar-refractivity contribution in [3.63, 3.8) is 0 Å². The molecular weight excluding hydrogens is 504 g/mol. The molecule has 1 spiro atoms. The zero-order valence-electron chi connectivity index (χ0n) is 24.9. The van der Waals surface area contributed by atoms with Crippen LogP contribution in [0.3, 0.4) is 0 Å². The first-order valence-corrected chi connectivity index (χ1v) is 15.2. The van der Waals surface area contributed by atoms with Crippen molar-refractivity contribution in [1.82, 2.24) is 15.1 Å². The molecule has 2 saturated heterocycles. The predicted molar refractivity (Wildman–Crippen MR) is 156 cm³/mol. The molecule has 8 atom stereocenters. The van der Waals surface area contributed by atoms with Gasteiger partial charge in [-0.15, -0.1) is 0 Å². The number of ether oxygens (including phenoxy) is 1. The zero-order valence-corrected chi connectivity index (χ0v) is 24.9. The minimum absolute atomic E-state index is 0.0673. The SMILES string of the molecule is CCN(CC)CCN1C(=O)[C@@H]2[C@H](C(=O)Nc3cc(C)cc(C)c3)[C@@H]3C=C[C@@]2(O3)[C@@H]1C(=O)N[C@@H]1CCC[C@@H](C)[C@H]1C. The Morgan fingerprint density at radius 2 is 1.77 bits per heavy atom. The summed E-state index contributed by atoms with van der Waals surface area (Å²) < 4.78 is 6.52. The number of nitrogens with zero attached hydrogens (tertiary/aromatic N) is 2. The van der Waals surface area contributed by atoms with Gasteiger partial charge in [-0.3, -0.25) is 14.4 Å². The van der Waals surface area contributed by atoms with Crippen molar-refractivity contribution < 1.29 is 19.1 Å². The van der Waals surface area contributed by atoms with E-state index in [9.17, 15) is 14.4 Å². The van der Waals surface area contributed by atoms with E-state index < -0.39 is 29.6 Å². The van der Waals surface area contributed by atoms with Crippen molar-refractivity contribution in [3.05, 3.63) is 41.5 Å². The molecular formula is C32H46N4O4. The third kappa shape index (κ3) is 4.98. The molecule has 0 radical (unpaired) electrons. The summed E-state index contributed by atoms with van der Waals surface area (Å²) in [6, 6.07) is 5.18. The Morgan fingerprint density at radius 3 is 2.45 bits per heavy atom. The Balaban J connectivity index is 1.44. The van der Waals surface area contributed by atoms with Crippen molar-refractivity contribution in [2.45, 2.75) is 84.6 Å². The molecule has 8 heteroatoms. The second-order valence-electron chi connectivity index (χ2n) is 12.5. The number of hydrogen-bond acceptors (Lipinski definition) is 5. The first-order chi connectivity index (χ1) is 19.1. The van der Waals surface area contributed by atoms with Crippen LogP contribution < -0.4 is 10.6 Å². The lowest BCUT2D eigenvalue weighted by Crippen LogP contribution is -2.58. The molecule has 1 aliphatic carbocycles. The number of rotatable bonds is 9. The van der Waals surface area contributed by atoms with Crippen molar-refractivity contribution in [2.75, 3.05) is 31.5 Å². The van der Waals surface area contributed by atoms with Crippen molar-refractivity contribution >= 4 is 23.4 Å². The third-order valence-corrected chi connectivity index (χ3v) is 10.0. The number of amides is 3. The molecule has 4 aliphatic rings. The highest BCUT2D eigenvalue weighted by Crippen LogP contribution is 2.55. The van der Waals surface area contributed by atoms with Crippen LogP contribution in [0.2, 0.25) is 0 Å². The largest absolute Gasteiger partial charge is 0.359 e. The average molecular weight is 551 g/mol. The van der Waals surface area contributed by atoms with Gasteiger partial charge in [0.05, 0.1) is 17.9 Å². The van der Waals surface area contributed by atoms with E-state index in [0.717, 1.165) is 37.1 Å². The summed E-state index contributed by atoms with van der Waals surface area (Å²) >= 11 is 0. The fourth-order valence-electron chi connectivity index (χ4n) is 7.62. The highest BCUT2D eigenvalue weighted by molar-refractivity contribution is 6.02. The number of nitrogens with one attached hydrogen (secondary N) is 2. The molecule has 0 unspecified atom stereocenters. The second-order valence-corrected chi connectivity index (χ2v) is 12.5. The number of anilines is 1. The summed E-state index contributed by atoms with van der Waals surface area (Å²) in [5.41, 5.74) is 1.68. The van der Waals surface area contributed by atoms with E-state index in [0.29, 0.717) is 30.6 Å². The van der Waals surface area contributed by atoms with Gasteiger partial charge in [-0.1, -0.05) is 58.8 Å². The van der Waals surface area contributed by atoms with Gasteiger partial charge >= 0.3 is 0 Å². The predicted octanol–water partition coefficient (Wildman–Crippen LogP) is 3.68. The number of carbonyl (C=O) groups excluding carboxylic acids is 3. The van der Waals surface area contributed by atoms with Gasteiger partial charge in [0.2, 0.25) is 17.7 Å². The van der Waals surface area contributed by atoms with Gasteiger partial charge in [0.15, 0.2) is 0 Å². The minimum Gasteiger partial charge on any atom is -0.359 e. The lowest BCUT2D eigenvalue weighted by atomic mass is 9.73. The second kappa shape index (κ2) is 11.3. The smallest absolute Gasteiger partial charge is 0.246 e. The summed E-state index contributed by atoms with van der Waals surface area (Å²) in [6.07, 6.45) is 6.44. The van der Waals surface area contributed by atoms with E-state index in [-0.39, 0.29) is 23.8 Å². The van der Waals surface area contributed by atoms with Gasteiger partial charge in [0, 0.05) is 24.8 Å². The molecule has 1 aromatic carbocycles. The fourth-order valence-corrected chi connectivity index (χ4v) is 7.62. The summed E-state index contributed by atoms with van der Waals surface area (Å²) in [7, 11) is 0. The molecule has 40 heavy (non-hydrogen) atoms. The number of likely N-dealkylation sites (N-methyl/N-ethyl adjacent to an activating group) is 1. The van der Waals surface area contributed by atoms with Gasteiger partial charge in [-0.25, -0.2) is 0 Å². The van der Waals surface area contributed by atoms with Crippen LogP contribution in [0.25, 0.3) is 0 Å². The molecule has 3 amide bonds. The van der Waals surface area contributed by atoms with Crippen LogP contribution in [0.15, 0.2) is 30.4 Å². The van der Waals surface area contributed by atoms with E-state index in [4.69, 9.17) is 4.74 Å². The average Bonchev–Trinajstić information content (AvgIpc) is 3.54. The number of likely N-dealkylation sites (tertiary alicyclic amines) is 1. The fraction of sp³-hybridized carbons (Fsp3) is 0.656. The Labute approximate surface area is 238 Å². The lowest BCUT2D eigenvalue weighted by Gasteiger charge is -2.38. The first kappa shape index (κ1) is 28.8. The quantitative estimate of drug-likeness (QED) is 0.458. The number of hydrogen-bond donors (Lipinski definition) is 2. The van der Waals surface area contributed by atoms with Crippen molar-refractivity contribution in [1.29, 1.82) is 0 Å². The Kier molecular flexibility index (Phi) is 8.13.